The number of phenolic OH excluding ortho intramolecular Hbond substituents is 2. The maximum atomic E-state index is 12.1. The summed E-state index contributed by atoms with van der Waals surface area (Å²) in [7, 11) is 1.47. The Kier molecular flexibility index (Phi) is 3.65. The molecule has 0 unspecified atom stereocenters. The monoisotopic (exact) mass is 274 g/mol. The molecule has 0 spiro atoms. The molecule has 0 heterocycles. The van der Waals surface area contributed by atoms with Crippen LogP contribution in [-0.2, 0) is 0 Å². The Morgan fingerprint density at radius 1 is 1.15 bits per heavy atom. The summed E-state index contributed by atoms with van der Waals surface area (Å²) in [5.74, 6) is -0.443. The van der Waals surface area contributed by atoms with Crippen molar-refractivity contribution in [3.05, 3.63) is 42.0 Å². The van der Waals surface area contributed by atoms with Crippen molar-refractivity contribution < 1.29 is 19.7 Å². The molecular weight excluding hydrogens is 260 g/mol. The Morgan fingerprint density at radius 2 is 1.80 bits per heavy atom. The summed E-state index contributed by atoms with van der Waals surface area (Å²) in [5.41, 5.74) is 6.65. The third-order valence-corrected chi connectivity index (χ3v) is 2.64. The Balaban J connectivity index is 2.29. The molecule has 2 aromatic carbocycles. The number of nitrogens with two attached hydrogens (primary N) is 1. The zero-order chi connectivity index (χ0) is 14.7. The number of rotatable bonds is 3. The highest BCUT2D eigenvalue weighted by Crippen LogP contribution is 2.28. The molecule has 0 aliphatic heterocycles. The molecule has 0 saturated carbocycles. The summed E-state index contributed by atoms with van der Waals surface area (Å²) in [6.07, 6.45) is 0. The number of ether oxygens (including phenoxy) is 1. The minimum atomic E-state index is -0.500. The quantitative estimate of drug-likeness (QED) is 0.640. The van der Waals surface area contributed by atoms with Gasteiger partial charge in [-0.15, -0.1) is 0 Å². The first kappa shape index (κ1) is 13.5. The molecular formula is C14H14N2O4. The van der Waals surface area contributed by atoms with Crippen molar-refractivity contribution in [2.75, 3.05) is 18.2 Å². The normalized spacial score (nSPS) is 10.1. The highest BCUT2D eigenvalue weighted by atomic mass is 16.5. The molecule has 0 saturated heterocycles. The van der Waals surface area contributed by atoms with Gasteiger partial charge in [-0.05, 0) is 30.3 Å². The molecule has 6 nitrogen and oxygen atoms in total. The van der Waals surface area contributed by atoms with Gasteiger partial charge < -0.3 is 26.0 Å². The van der Waals surface area contributed by atoms with E-state index in [1.165, 1.54) is 19.2 Å². The van der Waals surface area contributed by atoms with E-state index in [0.29, 0.717) is 17.1 Å². The van der Waals surface area contributed by atoms with Crippen LogP contribution < -0.4 is 15.8 Å². The van der Waals surface area contributed by atoms with Crippen molar-refractivity contribution in [1.82, 2.24) is 0 Å². The van der Waals surface area contributed by atoms with Gasteiger partial charge in [0.1, 0.15) is 17.2 Å². The predicted octanol–water partition coefficient (Wildman–Crippen LogP) is 1.94. The van der Waals surface area contributed by atoms with Gasteiger partial charge in [-0.25, -0.2) is 0 Å². The Morgan fingerprint density at radius 3 is 2.40 bits per heavy atom. The second-order valence-electron chi connectivity index (χ2n) is 4.15. The van der Waals surface area contributed by atoms with Crippen LogP contribution in [0.15, 0.2) is 36.4 Å². The van der Waals surface area contributed by atoms with Crippen LogP contribution in [0.25, 0.3) is 0 Å². The Labute approximate surface area is 115 Å². The largest absolute Gasteiger partial charge is 0.508 e. The van der Waals surface area contributed by atoms with Crippen LogP contribution >= 0.6 is 0 Å². The number of aromatic hydroxyl groups is 2. The average Bonchev–Trinajstić information content (AvgIpc) is 2.37. The summed E-state index contributed by atoms with van der Waals surface area (Å²) >= 11 is 0. The maximum absolute atomic E-state index is 12.1. The number of hydrogen-bond acceptors (Lipinski definition) is 5. The highest BCUT2D eigenvalue weighted by molar-refractivity contribution is 6.05. The predicted molar refractivity (Wildman–Crippen MR) is 75.1 cm³/mol. The van der Waals surface area contributed by atoms with Crippen molar-refractivity contribution in [3.63, 3.8) is 0 Å². The van der Waals surface area contributed by atoms with Crippen LogP contribution in [0.5, 0.6) is 17.2 Å². The number of phenols is 2. The molecule has 0 radical (unpaired) electrons. The molecule has 2 aromatic rings. The van der Waals surface area contributed by atoms with E-state index in [0.717, 1.165) is 6.07 Å². The third-order valence-electron chi connectivity index (χ3n) is 2.64. The zero-order valence-corrected chi connectivity index (χ0v) is 10.8. The number of benzene rings is 2. The van der Waals surface area contributed by atoms with Gasteiger partial charge in [0.2, 0.25) is 0 Å². The molecule has 0 aromatic heterocycles. The van der Waals surface area contributed by atoms with Gasteiger partial charge in [0.15, 0.2) is 0 Å². The van der Waals surface area contributed by atoms with Crippen molar-refractivity contribution in [2.24, 2.45) is 0 Å². The van der Waals surface area contributed by atoms with Crippen molar-refractivity contribution in [2.45, 2.75) is 0 Å². The third kappa shape index (κ3) is 2.92. The van der Waals surface area contributed by atoms with Crippen molar-refractivity contribution in [3.8, 4) is 17.2 Å². The number of carbonyl (C=O) groups excluding carboxylic acids is 1. The SMILES string of the molecule is COc1ccc(N)cc1NC(=O)c1cc(O)cc(O)c1. The molecule has 0 aliphatic carbocycles. The van der Waals surface area contributed by atoms with E-state index < -0.39 is 5.91 Å². The van der Waals surface area contributed by atoms with Gasteiger partial charge >= 0.3 is 0 Å². The number of hydrogen-bond donors (Lipinski definition) is 4. The Bertz CT molecular complexity index is 635. The first-order valence-corrected chi connectivity index (χ1v) is 5.77. The minimum absolute atomic E-state index is 0.118. The number of anilines is 2. The van der Waals surface area contributed by atoms with Crippen LogP contribution in [0, 0.1) is 0 Å². The molecule has 6 heteroatoms. The number of nitrogen functional groups attached to an aromatic ring is 1. The van der Waals surface area contributed by atoms with Crippen LogP contribution in [0.2, 0.25) is 0 Å². The number of methoxy groups -OCH3 is 1. The molecule has 0 fully saturated rings. The van der Waals surface area contributed by atoms with Gasteiger partial charge in [0.25, 0.3) is 5.91 Å². The number of carbonyl (C=O) groups is 1. The van der Waals surface area contributed by atoms with Crippen LogP contribution in [0.1, 0.15) is 10.4 Å². The summed E-state index contributed by atoms with van der Waals surface area (Å²) in [6, 6.07) is 8.46. The molecule has 2 rings (SSSR count). The van der Waals surface area contributed by atoms with Crippen LogP contribution in [0.3, 0.4) is 0 Å². The molecule has 1 amide bonds. The second-order valence-corrected chi connectivity index (χ2v) is 4.15. The van der Waals surface area contributed by atoms with E-state index in [1.54, 1.807) is 18.2 Å². The minimum Gasteiger partial charge on any atom is -0.508 e. The molecule has 0 atom stereocenters. The average molecular weight is 274 g/mol. The number of nitrogens with one attached hydrogen (secondary N) is 1. The lowest BCUT2D eigenvalue weighted by molar-refractivity contribution is 0.102. The standard InChI is InChI=1S/C14H14N2O4/c1-20-13-3-2-9(15)6-12(13)16-14(19)8-4-10(17)7-11(18)5-8/h2-7,17-18H,15H2,1H3,(H,16,19). The first-order chi connectivity index (χ1) is 9.49. The van der Waals surface area contributed by atoms with Crippen LogP contribution in [0.4, 0.5) is 11.4 Å². The maximum Gasteiger partial charge on any atom is 0.256 e. The number of amides is 1. The van der Waals surface area contributed by atoms with Gasteiger partial charge in [0.05, 0.1) is 12.8 Å². The fraction of sp³-hybridized carbons (Fsp3) is 0.0714. The van der Waals surface area contributed by atoms with Crippen molar-refractivity contribution in [1.29, 1.82) is 0 Å². The summed E-state index contributed by atoms with van der Waals surface area (Å²) in [4.78, 5) is 12.1. The van der Waals surface area contributed by atoms with Gasteiger partial charge in [-0.1, -0.05) is 0 Å². The van der Waals surface area contributed by atoms with E-state index >= 15 is 0 Å². The van der Waals surface area contributed by atoms with E-state index in [2.05, 4.69) is 5.32 Å². The van der Waals surface area contributed by atoms with E-state index in [-0.39, 0.29) is 17.1 Å². The van der Waals surface area contributed by atoms with Gasteiger partial charge in [-0.3, -0.25) is 4.79 Å². The highest BCUT2D eigenvalue weighted by Gasteiger charge is 2.12. The topological polar surface area (TPSA) is 105 Å². The fourth-order valence-electron chi connectivity index (χ4n) is 1.74. The Hall–Kier alpha value is -2.89. The lowest BCUT2D eigenvalue weighted by Crippen LogP contribution is -2.12. The molecule has 0 bridgehead atoms. The first-order valence-electron chi connectivity index (χ1n) is 5.77. The fourth-order valence-corrected chi connectivity index (χ4v) is 1.74. The summed E-state index contributed by atoms with van der Waals surface area (Å²) in [5, 5.41) is 21.3. The van der Waals surface area contributed by atoms with Gasteiger partial charge in [0, 0.05) is 17.3 Å². The van der Waals surface area contributed by atoms with Crippen LogP contribution in [-0.4, -0.2) is 23.2 Å². The zero-order valence-electron chi connectivity index (χ0n) is 10.8. The molecule has 5 N–H and O–H groups in total. The molecule has 104 valence electrons. The summed E-state index contributed by atoms with van der Waals surface area (Å²) in [6.45, 7) is 0. The van der Waals surface area contributed by atoms with Gasteiger partial charge in [-0.2, -0.15) is 0 Å². The lowest BCUT2D eigenvalue weighted by atomic mass is 10.1. The van der Waals surface area contributed by atoms with E-state index in [1.807, 2.05) is 0 Å². The smallest absolute Gasteiger partial charge is 0.256 e. The van der Waals surface area contributed by atoms with Crippen molar-refractivity contribution >= 4 is 17.3 Å². The van der Waals surface area contributed by atoms with E-state index in [9.17, 15) is 15.0 Å². The van der Waals surface area contributed by atoms with E-state index in [4.69, 9.17) is 10.5 Å². The second kappa shape index (κ2) is 5.40. The molecule has 20 heavy (non-hydrogen) atoms. The molecule has 0 aliphatic rings. The lowest BCUT2D eigenvalue weighted by Gasteiger charge is -2.11. The summed E-state index contributed by atoms with van der Waals surface area (Å²) < 4.78 is 5.12.